The van der Waals surface area contributed by atoms with Crippen molar-refractivity contribution in [2.24, 2.45) is 69.5 Å². The number of ether oxygens (including phenoxy) is 4. The molecule has 12 saturated carbocycles. The summed E-state index contributed by atoms with van der Waals surface area (Å²) in [5.41, 5.74) is -2.65. The lowest BCUT2D eigenvalue weighted by Gasteiger charge is -2.57. The van der Waals surface area contributed by atoms with Crippen molar-refractivity contribution < 1.29 is 69.5 Å². The largest absolute Gasteiger partial charge is 0.465 e. The quantitative estimate of drug-likeness (QED) is 0.180. The maximum atomic E-state index is 14.1. The summed E-state index contributed by atoms with van der Waals surface area (Å²) < 4.78 is 82.2. The van der Waals surface area contributed by atoms with Crippen LogP contribution in [0.15, 0.2) is 0 Å². The summed E-state index contributed by atoms with van der Waals surface area (Å²) >= 11 is 0. The Kier molecular flexibility index (Phi) is 8.30. The number of alkyl halides is 2. The molecule has 0 aromatic carbocycles. The van der Waals surface area contributed by atoms with Gasteiger partial charge in [0.2, 0.25) is 0 Å². The molecule has 12 bridgehead atoms. The van der Waals surface area contributed by atoms with E-state index in [1.807, 2.05) is 0 Å². The van der Waals surface area contributed by atoms with Crippen LogP contribution in [0.25, 0.3) is 0 Å². The van der Waals surface area contributed by atoms with Gasteiger partial charge in [-0.25, -0.2) is 4.79 Å². The topological polar surface area (TPSA) is 194 Å². The van der Waals surface area contributed by atoms with Crippen molar-refractivity contribution in [1.29, 1.82) is 0 Å². The molecule has 0 saturated heterocycles. The molecule has 296 valence electrons. The molecule has 0 spiro atoms. The normalized spacial score (nSPS) is 44.3. The number of carbonyl (C=O) groups excluding carboxylic acids is 6. The molecule has 13 nitrogen and oxygen atoms in total. The third kappa shape index (κ3) is 5.68. The van der Waals surface area contributed by atoms with Crippen LogP contribution in [0.4, 0.5) is 8.78 Å². The first-order chi connectivity index (χ1) is 25.4. The van der Waals surface area contributed by atoms with Crippen LogP contribution in [0.1, 0.15) is 96.3 Å². The van der Waals surface area contributed by atoms with Crippen molar-refractivity contribution in [2.75, 3.05) is 13.2 Å². The average molecular weight is 781 g/mol. The lowest BCUT2D eigenvalue weighted by Crippen LogP contribution is -2.58. The minimum atomic E-state index is -6.05. The number of carbonyl (C=O) groups is 6. The van der Waals surface area contributed by atoms with E-state index in [4.69, 9.17) is 23.5 Å². The van der Waals surface area contributed by atoms with Crippen molar-refractivity contribution >= 4 is 45.6 Å². The van der Waals surface area contributed by atoms with Gasteiger partial charge in [-0.3, -0.25) is 28.5 Å². The molecule has 0 heterocycles. The van der Waals surface area contributed by atoms with E-state index < -0.39 is 86.1 Å². The Morgan fingerprint density at radius 3 is 1.46 bits per heavy atom. The van der Waals surface area contributed by atoms with Crippen LogP contribution in [0.2, 0.25) is 0 Å². The number of Topliss-reactive ketones (excluding diaryl/α,β-unsaturated/α-hetero) is 2. The van der Waals surface area contributed by atoms with Gasteiger partial charge in [-0.1, -0.05) is 0 Å². The Hall–Kier alpha value is -3.01. The van der Waals surface area contributed by atoms with Crippen molar-refractivity contribution in [3.63, 3.8) is 0 Å². The van der Waals surface area contributed by atoms with Gasteiger partial charge in [-0.15, -0.1) is 0 Å². The fraction of sp³-hybridized carbons (Fsp3) is 0.842. The molecule has 12 aliphatic carbocycles. The first kappa shape index (κ1) is 36.6. The van der Waals surface area contributed by atoms with Crippen molar-refractivity contribution in [3.8, 4) is 0 Å². The third-order valence-electron chi connectivity index (χ3n) is 15.4. The molecule has 0 aromatic heterocycles. The van der Waals surface area contributed by atoms with Gasteiger partial charge in [-0.05, 0) is 126 Å². The minimum absolute atomic E-state index is 0.00706. The first-order valence-corrected chi connectivity index (χ1v) is 21.0. The van der Waals surface area contributed by atoms with Gasteiger partial charge >= 0.3 is 39.2 Å². The highest BCUT2D eigenvalue weighted by Crippen LogP contribution is 2.63. The van der Waals surface area contributed by atoms with Crippen LogP contribution in [-0.4, -0.2) is 79.1 Å². The maximum absolute atomic E-state index is 14.1. The molecule has 1 N–H and O–H groups in total. The molecule has 12 fully saturated rings. The highest BCUT2D eigenvalue weighted by atomic mass is 32.2. The Morgan fingerprint density at radius 1 is 0.648 bits per heavy atom. The van der Waals surface area contributed by atoms with E-state index in [2.05, 4.69) is 0 Å². The summed E-state index contributed by atoms with van der Waals surface area (Å²) in [6, 6.07) is 0. The number of halogens is 2. The summed E-state index contributed by atoms with van der Waals surface area (Å²) in [5.74, 6) is -4.63. The van der Waals surface area contributed by atoms with Gasteiger partial charge in [0, 0.05) is 23.7 Å². The molecular weight excluding hydrogens is 734 g/mol. The Morgan fingerprint density at radius 2 is 1.04 bits per heavy atom. The van der Waals surface area contributed by atoms with Crippen LogP contribution < -0.4 is 0 Å². The summed E-state index contributed by atoms with van der Waals surface area (Å²) in [5, 5.41) is -5.13. The second-order valence-electron chi connectivity index (χ2n) is 18.9. The maximum Gasteiger partial charge on any atom is 0.465 e. The lowest BCUT2D eigenvalue weighted by atomic mass is 9.48. The lowest BCUT2D eigenvalue weighted by molar-refractivity contribution is -0.207. The molecule has 12 rings (SSSR count). The Balaban J connectivity index is 0.891. The molecular formula is C38H46F2O13S. The zero-order chi connectivity index (χ0) is 38.2. The standard InChI is InChI=1S/C38H46F2O13S/c39-38(40,54(47,48)49)34(46)53-30-25-5-20-6-26(30)15-36(8-20,14-25)32(44)51-17-27(52-33(45)37-9-19-3-23(12-37)29(42)24(4-19)13-37)16-50-31(43)35-7-18-1-21(10-35)28(41)22(2-18)11-35/h18-27,30H,1-17H2,(H,47,48,49). The van der Waals surface area contributed by atoms with E-state index in [9.17, 15) is 46.0 Å². The molecule has 7 unspecified atom stereocenters. The molecule has 0 amide bonds. The smallest absolute Gasteiger partial charge is 0.461 e. The van der Waals surface area contributed by atoms with Gasteiger partial charge in [-0.2, -0.15) is 17.2 Å². The number of rotatable bonds is 11. The van der Waals surface area contributed by atoms with Crippen LogP contribution in [-0.2, 0) is 57.8 Å². The van der Waals surface area contributed by atoms with Gasteiger partial charge in [0.1, 0.15) is 30.9 Å². The van der Waals surface area contributed by atoms with Gasteiger partial charge in [0.25, 0.3) is 0 Å². The predicted octanol–water partition coefficient (Wildman–Crippen LogP) is 3.99. The molecule has 54 heavy (non-hydrogen) atoms. The number of hydrogen-bond donors (Lipinski definition) is 1. The fourth-order valence-electron chi connectivity index (χ4n) is 13.7. The van der Waals surface area contributed by atoms with Crippen LogP contribution >= 0.6 is 0 Å². The van der Waals surface area contributed by atoms with Crippen molar-refractivity contribution in [3.05, 3.63) is 0 Å². The van der Waals surface area contributed by atoms with E-state index in [-0.39, 0.29) is 72.4 Å². The molecule has 0 radical (unpaired) electrons. The van der Waals surface area contributed by atoms with E-state index in [0.29, 0.717) is 57.8 Å². The summed E-state index contributed by atoms with van der Waals surface area (Å²) in [6.07, 6.45) is 5.51. The molecule has 0 aromatic rings. The minimum Gasteiger partial charge on any atom is -0.461 e. The van der Waals surface area contributed by atoms with E-state index >= 15 is 0 Å². The number of esters is 4. The van der Waals surface area contributed by atoms with Crippen molar-refractivity contribution in [2.45, 2.75) is 114 Å². The Bertz CT molecular complexity index is 1760. The fourth-order valence-corrected chi connectivity index (χ4v) is 14.0. The summed E-state index contributed by atoms with van der Waals surface area (Å²) in [4.78, 5) is 79.6. The van der Waals surface area contributed by atoms with E-state index in [1.165, 1.54) is 0 Å². The summed E-state index contributed by atoms with van der Waals surface area (Å²) in [7, 11) is -6.05. The second kappa shape index (κ2) is 12.2. The third-order valence-corrected chi connectivity index (χ3v) is 16.2. The first-order valence-electron chi connectivity index (χ1n) is 19.6. The van der Waals surface area contributed by atoms with Crippen LogP contribution in [0, 0.1) is 69.5 Å². The van der Waals surface area contributed by atoms with Gasteiger partial charge in [0.05, 0.1) is 16.2 Å². The van der Waals surface area contributed by atoms with Crippen LogP contribution in [0.3, 0.4) is 0 Å². The monoisotopic (exact) mass is 780 g/mol. The number of ketones is 2. The zero-order valence-electron chi connectivity index (χ0n) is 29.9. The zero-order valence-corrected chi connectivity index (χ0v) is 30.7. The SMILES string of the molecule is O=C1C2CC3CC1CC(C(=O)OCC(COC(=O)C14CC5CC(C1)C(OC(=O)C(F)(F)S(=O)(=O)O)C(C5)C4)OC(=O)C14CC5CC(C1)C(=O)C(C5)C4)(C3)C2. The molecule has 12 aliphatic rings. The molecule has 7 atom stereocenters. The highest BCUT2D eigenvalue weighted by molar-refractivity contribution is 7.87. The molecule has 16 heteroatoms. The van der Waals surface area contributed by atoms with Crippen LogP contribution in [0.5, 0.6) is 0 Å². The second-order valence-corrected chi connectivity index (χ2v) is 20.4. The predicted molar refractivity (Wildman–Crippen MR) is 176 cm³/mol. The van der Waals surface area contributed by atoms with E-state index in [1.54, 1.807) is 0 Å². The Labute approximate surface area is 311 Å². The molecule has 0 aliphatic heterocycles. The number of hydrogen-bond acceptors (Lipinski definition) is 12. The highest BCUT2D eigenvalue weighted by Gasteiger charge is 2.64. The average Bonchev–Trinajstić information content (AvgIpc) is 3.10. The summed E-state index contributed by atoms with van der Waals surface area (Å²) in [6.45, 7) is -0.775. The van der Waals surface area contributed by atoms with Gasteiger partial charge in [0.15, 0.2) is 6.10 Å². The van der Waals surface area contributed by atoms with Gasteiger partial charge < -0.3 is 18.9 Å². The van der Waals surface area contributed by atoms with Crippen molar-refractivity contribution in [1.82, 2.24) is 0 Å². The van der Waals surface area contributed by atoms with E-state index in [0.717, 1.165) is 25.7 Å².